The summed E-state index contributed by atoms with van der Waals surface area (Å²) in [5.41, 5.74) is 2.00. The molecular formula is C19H16FN3O3. The zero-order valence-corrected chi connectivity index (χ0v) is 14.2. The molecule has 0 fully saturated rings. The number of nitrogens with one attached hydrogen (secondary N) is 1. The van der Waals surface area contributed by atoms with Gasteiger partial charge < -0.3 is 10.1 Å². The minimum absolute atomic E-state index is 0.270. The maximum atomic E-state index is 13.9. The first-order valence-corrected chi connectivity index (χ1v) is 7.80. The van der Waals surface area contributed by atoms with Gasteiger partial charge in [-0.2, -0.15) is 5.10 Å². The van der Waals surface area contributed by atoms with Crippen molar-refractivity contribution in [3.8, 4) is 5.69 Å². The van der Waals surface area contributed by atoms with Crippen LogP contribution >= 0.6 is 0 Å². The van der Waals surface area contributed by atoms with Crippen molar-refractivity contribution in [2.24, 2.45) is 0 Å². The van der Waals surface area contributed by atoms with E-state index in [1.807, 2.05) is 0 Å². The Morgan fingerprint density at radius 2 is 1.81 bits per heavy atom. The molecule has 2 aromatic carbocycles. The summed E-state index contributed by atoms with van der Waals surface area (Å²) in [4.78, 5) is 23.9. The molecule has 0 spiro atoms. The topological polar surface area (TPSA) is 73.2 Å². The van der Waals surface area contributed by atoms with Gasteiger partial charge in [0.1, 0.15) is 11.5 Å². The first-order valence-electron chi connectivity index (χ1n) is 7.80. The lowest BCUT2D eigenvalue weighted by Crippen LogP contribution is -2.13. The van der Waals surface area contributed by atoms with E-state index >= 15 is 0 Å². The third-order valence-electron chi connectivity index (χ3n) is 3.90. The molecule has 1 aromatic heterocycles. The quantitative estimate of drug-likeness (QED) is 0.730. The highest BCUT2D eigenvalue weighted by molar-refractivity contribution is 6.05. The predicted octanol–water partition coefficient (Wildman–Crippen LogP) is 3.36. The fourth-order valence-corrected chi connectivity index (χ4v) is 2.50. The van der Waals surface area contributed by atoms with Gasteiger partial charge in [0.15, 0.2) is 0 Å². The van der Waals surface area contributed by atoms with E-state index in [1.165, 1.54) is 24.1 Å². The van der Waals surface area contributed by atoms with E-state index in [0.717, 1.165) is 0 Å². The van der Waals surface area contributed by atoms with E-state index in [0.29, 0.717) is 22.5 Å². The number of hydrogen-bond donors (Lipinski definition) is 1. The summed E-state index contributed by atoms with van der Waals surface area (Å²) in [5.74, 6) is -1.26. The molecule has 3 aromatic rings. The molecule has 7 heteroatoms. The maximum Gasteiger partial charge on any atom is 0.337 e. The normalized spacial score (nSPS) is 10.4. The number of carbonyl (C=O) groups is 2. The molecule has 0 radical (unpaired) electrons. The van der Waals surface area contributed by atoms with Crippen molar-refractivity contribution in [2.75, 3.05) is 12.4 Å². The highest BCUT2D eigenvalue weighted by Crippen LogP contribution is 2.18. The lowest BCUT2D eigenvalue weighted by molar-refractivity contribution is 0.0600. The number of rotatable bonds is 4. The van der Waals surface area contributed by atoms with Crippen LogP contribution in [0.3, 0.4) is 0 Å². The van der Waals surface area contributed by atoms with Crippen molar-refractivity contribution in [1.82, 2.24) is 9.78 Å². The second kappa shape index (κ2) is 7.18. The van der Waals surface area contributed by atoms with Gasteiger partial charge in [-0.25, -0.2) is 13.9 Å². The lowest BCUT2D eigenvalue weighted by Gasteiger charge is -2.08. The van der Waals surface area contributed by atoms with Gasteiger partial charge in [-0.15, -0.1) is 0 Å². The van der Waals surface area contributed by atoms with Crippen LogP contribution < -0.4 is 5.32 Å². The van der Waals surface area contributed by atoms with E-state index in [-0.39, 0.29) is 11.6 Å². The second-order valence-corrected chi connectivity index (χ2v) is 5.53. The van der Waals surface area contributed by atoms with E-state index in [1.54, 1.807) is 49.4 Å². The highest BCUT2D eigenvalue weighted by atomic mass is 19.1. The number of nitrogens with zero attached hydrogens (tertiary/aromatic N) is 2. The zero-order chi connectivity index (χ0) is 18.7. The Bertz CT molecular complexity index is 964. The number of methoxy groups -OCH3 is 1. The third kappa shape index (κ3) is 3.32. The number of ether oxygens (including phenoxy) is 1. The molecule has 1 N–H and O–H groups in total. The van der Waals surface area contributed by atoms with Crippen molar-refractivity contribution in [2.45, 2.75) is 6.92 Å². The van der Waals surface area contributed by atoms with E-state index in [2.05, 4.69) is 15.2 Å². The van der Waals surface area contributed by atoms with Crippen molar-refractivity contribution >= 4 is 17.6 Å². The summed E-state index contributed by atoms with van der Waals surface area (Å²) in [6.07, 6.45) is 1.39. The Morgan fingerprint density at radius 1 is 1.12 bits per heavy atom. The Morgan fingerprint density at radius 3 is 2.46 bits per heavy atom. The first kappa shape index (κ1) is 17.3. The van der Waals surface area contributed by atoms with Crippen LogP contribution in [0.4, 0.5) is 10.1 Å². The summed E-state index contributed by atoms with van der Waals surface area (Å²) in [5, 5.41) is 6.84. The molecule has 0 saturated heterocycles. The second-order valence-electron chi connectivity index (χ2n) is 5.53. The first-order chi connectivity index (χ1) is 12.5. The molecule has 0 bridgehead atoms. The van der Waals surface area contributed by atoms with Crippen molar-refractivity contribution in [1.29, 1.82) is 0 Å². The number of para-hydroxylation sites is 1. The van der Waals surface area contributed by atoms with E-state index in [9.17, 15) is 14.0 Å². The summed E-state index contributed by atoms with van der Waals surface area (Å²) >= 11 is 0. The third-order valence-corrected chi connectivity index (χ3v) is 3.90. The van der Waals surface area contributed by atoms with Crippen LogP contribution in [-0.2, 0) is 4.74 Å². The lowest BCUT2D eigenvalue weighted by atomic mass is 10.2. The standard InChI is InChI=1S/C19H16FN3O3/c1-12-15(11-21-23(12)17-6-4-3-5-16(17)20)18(24)22-14-9-7-13(8-10-14)19(25)26-2/h3-11H,1-2H3,(H,22,24). The van der Waals surface area contributed by atoms with Gasteiger partial charge in [0.25, 0.3) is 5.91 Å². The summed E-state index contributed by atoms with van der Waals surface area (Å²) in [6.45, 7) is 1.69. The minimum Gasteiger partial charge on any atom is -0.465 e. The molecule has 0 atom stereocenters. The Labute approximate surface area is 149 Å². The van der Waals surface area contributed by atoms with Gasteiger partial charge in [-0.1, -0.05) is 12.1 Å². The molecule has 1 amide bonds. The number of aromatic nitrogens is 2. The van der Waals surface area contributed by atoms with Crippen LogP contribution in [0.25, 0.3) is 5.69 Å². The molecule has 0 aliphatic carbocycles. The van der Waals surface area contributed by atoms with Crippen molar-refractivity contribution in [3.05, 3.63) is 77.4 Å². The number of benzene rings is 2. The van der Waals surface area contributed by atoms with Crippen molar-refractivity contribution in [3.63, 3.8) is 0 Å². The largest absolute Gasteiger partial charge is 0.465 e. The van der Waals surface area contributed by atoms with E-state index < -0.39 is 11.8 Å². The molecule has 0 unspecified atom stereocenters. The van der Waals surface area contributed by atoms with Crippen molar-refractivity contribution < 1.29 is 18.7 Å². The van der Waals surface area contributed by atoms with Gasteiger partial charge in [0, 0.05) is 5.69 Å². The van der Waals surface area contributed by atoms with Crippen LogP contribution in [0, 0.1) is 12.7 Å². The molecule has 0 aliphatic heterocycles. The van der Waals surface area contributed by atoms with Gasteiger partial charge in [-0.05, 0) is 43.3 Å². The molecule has 3 rings (SSSR count). The number of esters is 1. The monoisotopic (exact) mass is 353 g/mol. The molecule has 0 aliphatic rings. The molecular weight excluding hydrogens is 337 g/mol. The number of carbonyl (C=O) groups excluding carboxylic acids is 2. The van der Waals surface area contributed by atoms with Gasteiger partial charge in [0.2, 0.25) is 0 Å². The zero-order valence-electron chi connectivity index (χ0n) is 14.2. The highest BCUT2D eigenvalue weighted by Gasteiger charge is 2.17. The summed E-state index contributed by atoms with van der Waals surface area (Å²) in [6, 6.07) is 12.5. The molecule has 6 nitrogen and oxygen atoms in total. The van der Waals surface area contributed by atoms with E-state index in [4.69, 9.17) is 0 Å². The smallest absolute Gasteiger partial charge is 0.337 e. The predicted molar refractivity (Wildman–Crippen MR) is 94.0 cm³/mol. The van der Waals surface area contributed by atoms with Gasteiger partial charge >= 0.3 is 5.97 Å². The Balaban J connectivity index is 1.81. The molecule has 26 heavy (non-hydrogen) atoms. The number of amides is 1. The van der Waals surface area contributed by atoms with Crippen LogP contribution in [0.1, 0.15) is 26.4 Å². The number of halogens is 1. The Hall–Kier alpha value is -3.48. The van der Waals surface area contributed by atoms with Crippen LogP contribution in [0.2, 0.25) is 0 Å². The summed E-state index contributed by atoms with van der Waals surface area (Å²) in [7, 11) is 1.30. The fourth-order valence-electron chi connectivity index (χ4n) is 2.50. The van der Waals surface area contributed by atoms with Crippen LogP contribution in [-0.4, -0.2) is 28.8 Å². The number of hydrogen-bond acceptors (Lipinski definition) is 4. The molecule has 0 saturated carbocycles. The van der Waals surface area contributed by atoms with Gasteiger partial charge in [0.05, 0.1) is 30.1 Å². The SMILES string of the molecule is COC(=O)c1ccc(NC(=O)c2cnn(-c3ccccc3F)c2C)cc1. The average molecular weight is 353 g/mol. The minimum atomic E-state index is -0.454. The number of anilines is 1. The average Bonchev–Trinajstić information content (AvgIpc) is 3.03. The molecule has 1 heterocycles. The summed E-state index contributed by atoms with van der Waals surface area (Å²) < 4.78 is 20.0. The van der Waals surface area contributed by atoms with Gasteiger partial charge in [-0.3, -0.25) is 4.79 Å². The Kier molecular flexibility index (Phi) is 4.79. The fraction of sp³-hybridized carbons (Fsp3) is 0.105. The molecule has 132 valence electrons. The van der Waals surface area contributed by atoms with Crippen LogP contribution in [0.5, 0.6) is 0 Å². The maximum absolute atomic E-state index is 13.9. The van der Waals surface area contributed by atoms with Crippen LogP contribution in [0.15, 0.2) is 54.7 Å².